The molecular weight excluding hydrogens is 204 g/mol. The summed E-state index contributed by atoms with van der Waals surface area (Å²) in [5, 5.41) is 9.46. The smallest absolute Gasteiger partial charge is 0.330 e. The Labute approximate surface area is 94.9 Å². The number of likely N-dealkylation sites (tertiary alicyclic amines) is 1. The molecule has 1 N–H and O–H groups in total. The van der Waals surface area contributed by atoms with E-state index >= 15 is 0 Å². The standard InChI is InChI=1S/C12H16N2O2/c1-12(11(15)16,14-8-4-5-9-14)10-6-2-3-7-13-10/h2-3,6-7H,4-5,8-9H2,1H3,(H,15,16). The normalized spacial score (nSPS) is 20.6. The Morgan fingerprint density at radius 2 is 2.12 bits per heavy atom. The van der Waals surface area contributed by atoms with E-state index in [0.717, 1.165) is 25.9 Å². The number of hydrogen-bond donors (Lipinski definition) is 1. The van der Waals surface area contributed by atoms with Crippen molar-refractivity contribution >= 4 is 5.97 Å². The Balaban J connectivity index is 2.39. The van der Waals surface area contributed by atoms with Gasteiger partial charge in [-0.15, -0.1) is 0 Å². The maximum atomic E-state index is 11.5. The minimum Gasteiger partial charge on any atom is -0.480 e. The van der Waals surface area contributed by atoms with Gasteiger partial charge in [0.25, 0.3) is 0 Å². The van der Waals surface area contributed by atoms with Crippen LogP contribution in [-0.4, -0.2) is 34.0 Å². The molecule has 2 rings (SSSR count). The highest BCUT2D eigenvalue weighted by molar-refractivity contribution is 5.79. The molecule has 0 bridgehead atoms. The molecule has 1 aliphatic heterocycles. The Morgan fingerprint density at radius 1 is 1.44 bits per heavy atom. The van der Waals surface area contributed by atoms with Gasteiger partial charge in [-0.2, -0.15) is 0 Å². The molecule has 86 valence electrons. The monoisotopic (exact) mass is 220 g/mol. The van der Waals surface area contributed by atoms with Crippen LogP contribution in [0, 0.1) is 0 Å². The quantitative estimate of drug-likeness (QED) is 0.838. The Bertz CT molecular complexity index is 374. The number of aliphatic carboxylic acids is 1. The van der Waals surface area contributed by atoms with Crippen molar-refractivity contribution < 1.29 is 9.90 Å². The van der Waals surface area contributed by atoms with E-state index in [4.69, 9.17) is 0 Å². The van der Waals surface area contributed by atoms with Gasteiger partial charge in [-0.1, -0.05) is 6.07 Å². The van der Waals surface area contributed by atoms with Crippen LogP contribution in [0.5, 0.6) is 0 Å². The molecule has 0 spiro atoms. The number of aromatic nitrogens is 1. The number of pyridine rings is 1. The summed E-state index contributed by atoms with van der Waals surface area (Å²) in [4.78, 5) is 17.7. The molecular formula is C12H16N2O2. The van der Waals surface area contributed by atoms with Crippen molar-refractivity contribution in [1.82, 2.24) is 9.88 Å². The maximum Gasteiger partial charge on any atom is 0.330 e. The van der Waals surface area contributed by atoms with Gasteiger partial charge in [0.2, 0.25) is 0 Å². The van der Waals surface area contributed by atoms with Crippen molar-refractivity contribution in [2.24, 2.45) is 0 Å². The van der Waals surface area contributed by atoms with Crippen LogP contribution in [0.25, 0.3) is 0 Å². The van der Waals surface area contributed by atoms with Crippen LogP contribution in [-0.2, 0) is 10.3 Å². The van der Waals surface area contributed by atoms with E-state index in [2.05, 4.69) is 4.98 Å². The number of carboxylic acid groups (broad SMARTS) is 1. The highest BCUT2D eigenvalue weighted by atomic mass is 16.4. The van der Waals surface area contributed by atoms with E-state index in [0.29, 0.717) is 5.69 Å². The number of carboxylic acids is 1. The highest BCUT2D eigenvalue weighted by Gasteiger charge is 2.43. The third kappa shape index (κ3) is 1.69. The molecule has 0 aromatic carbocycles. The van der Waals surface area contributed by atoms with Crippen LogP contribution in [0.2, 0.25) is 0 Å². The molecule has 0 saturated carbocycles. The van der Waals surface area contributed by atoms with Crippen LogP contribution in [0.1, 0.15) is 25.5 Å². The van der Waals surface area contributed by atoms with Gasteiger partial charge in [-0.3, -0.25) is 9.88 Å². The Kier molecular flexibility index (Phi) is 2.92. The number of rotatable bonds is 3. The fourth-order valence-corrected chi connectivity index (χ4v) is 2.22. The molecule has 0 radical (unpaired) electrons. The van der Waals surface area contributed by atoms with Gasteiger partial charge in [0, 0.05) is 6.20 Å². The highest BCUT2D eigenvalue weighted by Crippen LogP contribution is 2.30. The predicted molar refractivity (Wildman–Crippen MR) is 60.0 cm³/mol. The van der Waals surface area contributed by atoms with Crippen molar-refractivity contribution in [3.8, 4) is 0 Å². The molecule has 1 aromatic heterocycles. The third-order valence-electron chi connectivity index (χ3n) is 3.32. The fourth-order valence-electron chi connectivity index (χ4n) is 2.22. The first-order chi connectivity index (χ1) is 7.65. The van der Waals surface area contributed by atoms with Crippen LogP contribution in [0.15, 0.2) is 24.4 Å². The van der Waals surface area contributed by atoms with Crippen molar-refractivity contribution in [3.05, 3.63) is 30.1 Å². The lowest BCUT2D eigenvalue weighted by Gasteiger charge is -2.34. The lowest BCUT2D eigenvalue weighted by Crippen LogP contribution is -2.48. The van der Waals surface area contributed by atoms with Gasteiger partial charge in [-0.25, -0.2) is 4.79 Å². The summed E-state index contributed by atoms with van der Waals surface area (Å²) in [6.45, 7) is 3.40. The second-order valence-electron chi connectivity index (χ2n) is 4.29. The van der Waals surface area contributed by atoms with Crippen LogP contribution >= 0.6 is 0 Å². The SMILES string of the molecule is CC(C(=O)O)(c1ccccn1)N1CCCC1. The summed E-state index contributed by atoms with van der Waals surface area (Å²) in [5.41, 5.74) is -0.373. The fraction of sp³-hybridized carbons (Fsp3) is 0.500. The molecule has 4 nitrogen and oxygen atoms in total. The van der Waals surface area contributed by atoms with Crippen molar-refractivity contribution in [1.29, 1.82) is 0 Å². The van der Waals surface area contributed by atoms with E-state index in [1.54, 1.807) is 25.3 Å². The number of nitrogens with zero attached hydrogens (tertiary/aromatic N) is 2. The van der Waals surface area contributed by atoms with Crippen molar-refractivity contribution in [2.75, 3.05) is 13.1 Å². The topological polar surface area (TPSA) is 53.4 Å². The van der Waals surface area contributed by atoms with Gasteiger partial charge in [-0.05, 0) is 45.0 Å². The summed E-state index contributed by atoms with van der Waals surface area (Å²) in [7, 11) is 0. The largest absolute Gasteiger partial charge is 0.480 e. The predicted octanol–water partition coefficient (Wildman–Crippen LogP) is 1.48. The summed E-state index contributed by atoms with van der Waals surface area (Å²) in [6.07, 6.45) is 3.78. The molecule has 0 amide bonds. The van der Waals surface area contributed by atoms with Crippen LogP contribution in [0.4, 0.5) is 0 Å². The van der Waals surface area contributed by atoms with Gasteiger partial charge >= 0.3 is 5.97 Å². The first-order valence-electron chi connectivity index (χ1n) is 5.55. The summed E-state index contributed by atoms with van der Waals surface area (Å²) < 4.78 is 0. The lowest BCUT2D eigenvalue weighted by atomic mass is 9.95. The first-order valence-corrected chi connectivity index (χ1v) is 5.55. The zero-order valence-corrected chi connectivity index (χ0v) is 9.39. The minimum atomic E-state index is -0.988. The number of carbonyl (C=O) groups is 1. The lowest BCUT2D eigenvalue weighted by molar-refractivity contribution is -0.150. The summed E-state index contributed by atoms with van der Waals surface area (Å²) >= 11 is 0. The van der Waals surface area contributed by atoms with Crippen molar-refractivity contribution in [3.63, 3.8) is 0 Å². The second-order valence-corrected chi connectivity index (χ2v) is 4.29. The van der Waals surface area contributed by atoms with Crippen LogP contribution < -0.4 is 0 Å². The molecule has 2 heterocycles. The van der Waals surface area contributed by atoms with Gasteiger partial charge in [0.15, 0.2) is 5.54 Å². The molecule has 1 fully saturated rings. The molecule has 1 atom stereocenters. The van der Waals surface area contributed by atoms with Crippen LogP contribution in [0.3, 0.4) is 0 Å². The van der Waals surface area contributed by atoms with E-state index < -0.39 is 11.5 Å². The second kappa shape index (κ2) is 4.22. The first kappa shape index (κ1) is 11.1. The molecule has 1 aliphatic rings. The Hall–Kier alpha value is -1.42. The summed E-state index contributed by atoms with van der Waals surface area (Å²) in [6, 6.07) is 5.42. The molecule has 0 aliphatic carbocycles. The molecule has 1 unspecified atom stereocenters. The molecule has 1 aromatic rings. The molecule has 1 saturated heterocycles. The van der Waals surface area contributed by atoms with E-state index in [9.17, 15) is 9.90 Å². The summed E-state index contributed by atoms with van der Waals surface area (Å²) in [5.74, 6) is -0.826. The van der Waals surface area contributed by atoms with Gasteiger partial charge < -0.3 is 5.11 Å². The van der Waals surface area contributed by atoms with E-state index in [1.165, 1.54) is 0 Å². The minimum absolute atomic E-state index is 0.615. The van der Waals surface area contributed by atoms with E-state index in [-0.39, 0.29) is 0 Å². The van der Waals surface area contributed by atoms with Gasteiger partial charge in [0.1, 0.15) is 0 Å². The number of hydrogen-bond acceptors (Lipinski definition) is 3. The van der Waals surface area contributed by atoms with Crippen molar-refractivity contribution in [2.45, 2.75) is 25.3 Å². The molecule has 16 heavy (non-hydrogen) atoms. The van der Waals surface area contributed by atoms with E-state index in [1.807, 2.05) is 11.0 Å². The average molecular weight is 220 g/mol. The zero-order valence-electron chi connectivity index (χ0n) is 9.39. The van der Waals surface area contributed by atoms with Gasteiger partial charge in [0.05, 0.1) is 5.69 Å². The molecule has 4 heteroatoms. The maximum absolute atomic E-state index is 11.5. The third-order valence-corrected chi connectivity index (χ3v) is 3.32. The average Bonchev–Trinajstić information content (AvgIpc) is 2.82. The Morgan fingerprint density at radius 3 is 2.62 bits per heavy atom. The zero-order chi connectivity index (χ0) is 11.6.